The minimum Gasteiger partial charge on any atom is -0.383 e. The summed E-state index contributed by atoms with van der Waals surface area (Å²) in [5, 5.41) is 4.21. The fraction of sp³-hybridized carbons (Fsp3) is 0.611. The zero-order valence-electron chi connectivity index (χ0n) is 15.5. The quantitative estimate of drug-likeness (QED) is 0.443. The summed E-state index contributed by atoms with van der Waals surface area (Å²) in [5.74, 6) is 0.820. The van der Waals surface area contributed by atoms with E-state index in [0.717, 1.165) is 29.5 Å². The van der Waals surface area contributed by atoms with Gasteiger partial charge in [0.2, 0.25) is 5.91 Å². The Kier molecular flexibility index (Phi) is 6.37. The third-order valence-electron chi connectivity index (χ3n) is 4.66. The molecule has 142 valence electrons. The van der Waals surface area contributed by atoms with Crippen LogP contribution in [0, 0.1) is 5.92 Å². The normalized spacial score (nSPS) is 16.7. The molecule has 26 heavy (non-hydrogen) atoms. The lowest BCUT2D eigenvalue weighted by atomic mass is 9.89. The third kappa shape index (κ3) is 3.97. The molecule has 0 unspecified atom stereocenters. The van der Waals surface area contributed by atoms with E-state index >= 15 is 0 Å². The summed E-state index contributed by atoms with van der Waals surface area (Å²) in [4.78, 5) is 31.9. The Morgan fingerprint density at radius 3 is 3.04 bits per heavy atom. The van der Waals surface area contributed by atoms with Crippen LogP contribution in [0.4, 0.5) is 0 Å². The monoisotopic (exact) mass is 395 g/mol. The first-order chi connectivity index (χ1) is 12.5. The van der Waals surface area contributed by atoms with Gasteiger partial charge in [0.15, 0.2) is 5.16 Å². The van der Waals surface area contributed by atoms with Crippen LogP contribution in [0.5, 0.6) is 0 Å². The summed E-state index contributed by atoms with van der Waals surface area (Å²) in [6, 6.07) is 0. The molecule has 3 rings (SSSR count). The number of thiophene rings is 1. The molecule has 0 radical (unpaired) electrons. The van der Waals surface area contributed by atoms with Gasteiger partial charge in [-0.2, -0.15) is 0 Å². The van der Waals surface area contributed by atoms with Crippen LogP contribution in [0.15, 0.2) is 9.95 Å². The summed E-state index contributed by atoms with van der Waals surface area (Å²) in [5.41, 5.74) is 1.24. The van der Waals surface area contributed by atoms with E-state index in [9.17, 15) is 9.59 Å². The molecule has 1 aliphatic carbocycles. The number of carbonyl (C=O) groups is 1. The van der Waals surface area contributed by atoms with Crippen molar-refractivity contribution in [2.24, 2.45) is 5.92 Å². The summed E-state index contributed by atoms with van der Waals surface area (Å²) in [6.07, 6.45) is 3.13. The van der Waals surface area contributed by atoms with E-state index in [1.165, 1.54) is 22.2 Å². The maximum absolute atomic E-state index is 13.0. The number of fused-ring (bicyclic) bond motifs is 3. The number of carbonyl (C=O) groups excluding carboxylic acids is 1. The molecule has 0 fully saturated rings. The number of hydrogen-bond donors (Lipinski definition) is 1. The molecule has 2 heterocycles. The van der Waals surface area contributed by atoms with Gasteiger partial charge in [-0.05, 0) is 37.7 Å². The largest absolute Gasteiger partial charge is 0.383 e. The molecule has 0 saturated carbocycles. The highest BCUT2D eigenvalue weighted by atomic mass is 32.2. The first-order valence-corrected chi connectivity index (χ1v) is 10.8. The van der Waals surface area contributed by atoms with Gasteiger partial charge in [0, 0.05) is 25.1 Å². The van der Waals surface area contributed by atoms with Crippen LogP contribution >= 0.6 is 23.1 Å². The molecule has 0 aliphatic heterocycles. The van der Waals surface area contributed by atoms with Crippen LogP contribution in [0.3, 0.4) is 0 Å². The summed E-state index contributed by atoms with van der Waals surface area (Å²) >= 11 is 2.97. The Morgan fingerprint density at radius 2 is 2.31 bits per heavy atom. The van der Waals surface area contributed by atoms with Gasteiger partial charge < -0.3 is 10.1 Å². The number of nitrogens with one attached hydrogen (secondary N) is 1. The molecule has 0 saturated heterocycles. The van der Waals surface area contributed by atoms with Crippen LogP contribution in [-0.2, 0) is 28.9 Å². The number of rotatable bonds is 7. The Morgan fingerprint density at radius 1 is 1.50 bits per heavy atom. The van der Waals surface area contributed by atoms with E-state index in [4.69, 9.17) is 9.72 Å². The van der Waals surface area contributed by atoms with Crippen LogP contribution in [0.1, 0.15) is 30.7 Å². The minimum atomic E-state index is -0.0802. The second-order valence-corrected chi connectivity index (χ2v) is 8.63. The maximum atomic E-state index is 13.0. The topological polar surface area (TPSA) is 73.2 Å². The fourth-order valence-electron chi connectivity index (χ4n) is 3.27. The Balaban J connectivity index is 1.87. The molecule has 0 bridgehead atoms. The van der Waals surface area contributed by atoms with E-state index in [1.807, 2.05) is 6.92 Å². The van der Waals surface area contributed by atoms with Crippen LogP contribution in [0.2, 0.25) is 0 Å². The standard InChI is InChI=1S/C18H25N3O3S2/c1-4-21-17(23)15-12-6-5-11(2)9-13(12)26-16(15)20-18(21)25-10-14(22)19-7-8-24-3/h11H,4-10H2,1-3H3,(H,19,22)/t11-/m0/s1. The van der Waals surface area contributed by atoms with Gasteiger partial charge >= 0.3 is 0 Å². The van der Waals surface area contributed by atoms with Crippen LogP contribution in [-0.4, -0.2) is 41.5 Å². The van der Waals surface area contributed by atoms with Gasteiger partial charge in [0.05, 0.1) is 17.7 Å². The number of thioether (sulfide) groups is 1. The minimum absolute atomic E-state index is 0.0341. The van der Waals surface area contributed by atoms with E-state index < -0.39 is 0 Å². The number of amides is 1. The van der Waals surface area contributed by atoms with Gasteiger partial charge in [-0.15, -0.1) is 11.3 Å². The van der Waals surface area contributed by atoms with Crippen molar-refractivity contribution in [3.8, 4) is 0 Å². The lowest BCUT2D eigenvalue weighted by Crippen LogP contribution is -2.29. The van der Waals surface area contributed by atoms with Crippen molar-refractivity contribution < 1.29 is 9.53 Å². The second kappa shape index (κ2) is 8.54. The van der Waals surface area contributed by atoms with E-state index in [-0.39, 0.29) is 17.2 Å². The summed E-state index contributed by atoms with van der Waals surface area (Å²) < 4.78 is 6.62. The first-order valence-electron chi connectivity index (χ1n) is 8.98. The molecule has 1 amide bonds. The molecule has 0 spiro atoms. The molecule has 1 aliphatic rings. The molecule has 0 aromatic carbocycles. The lowest BCUT2D eigenvalue weighted by molar-refractivity contribution is -0.118. The number of aromatic nitrogens is 2. The smallest absolute Gasteiger partial charge is 0.263 e. The zero-order chi connectivity index (χ0) is 18.7. The maximum Gasteiger partial charge on any atom is 0.263 e. The van der Waals surface area contributed by atoms with Crippen molar-refractivity contribution in [1.82, 2.24) is 14.9 Å². The second-order valence-electron chi connectivity index (χ2n) is 6.61. The fourth-order valence-corrected chi connectivity index (χ4v) is 5.58. The molecular weight excluding hydrogens is 370 g/mol. The van der Waals surface area contributed by atoms with E-state index in [2.05, 4.69) is 12.2 Å². The van der Waals surface area contributed by atoms with E-state index in [0.29, 0.717) is 30.8 Å². The molecule has 2 aromatic rings. The summed E-state index contributed by atoms with van der Waals surface area (Å²) in [6.45, 7) is 5.72. The highest BCUT2D eigenvalue weighted by Crippen LogP contribution is 2.36. The van der Waals surface area contributed by atoms with Crippen molar-refractivity contribution >= 4 is 39.2 Å². The number of methoxy groups -OCH3 is 1. The molecule has 1 atom stereocenters. The molecule has 1 N–H and O–H groups in total. The predicted octanol–water partition coefficient (Wildman–Crippen LogP) is 2.46. The van der Waals surface area contributed by atoms with Gasteiger partial charge in [0.25, 0.3) is 5.56 Å². The van der Waals surface area contributed by atoms with Gasteiger partial charge in [-0.25, -0.2) is 4.98 Å². The average molecular weight is 396 g/mol. The van der Waals surface area contributed by atoms with E-state index in [1.54, 1.807) is 23.0 Å². The number of nitrogens with zero attached hydrogens (tertiary/aromatic N) is 2. The molecule has 6 nitrogen and oxygen atoms in total. The number of aryl methyl sites for hydroxylation is 1. The highest BCUT2D eigenvalue weighted by molar-refractivity contribution is 7.99. The zero-order valence-corrected chi connectivity index (χ0v) is 17.1. The molecule has 2 aromatic heterocycles. The number of hydrogen-bond acceptors (Lipinski definition) is 6. The van der Waals surface area contributed by atoms with Gasteiger partial charge in [-0.1, -0.05) is 18.7 Å². The van der Waals surface area contributed by atoms with Crippen LogP contribution < -0.4 is 10.9 Å². The van der Waals surface area contributed by atoms with Crippen molar-refractivity contribution in [1.29, 1.82) is 0 Å². The Labute approximate surface area is 161 Å². The first kappa shape index (κ1) is 19.4. The highest BCUT2D eigenvalue weighted by Gasteiger charge is 2.24. The van der Waals surface area contributed by atoms with Gasteiger partial charge in [0.1, 0.15) is 4.83 Å². The van der Waals surface area contributed by atoms with Crippen molar-refractivity contribution in [2.45, 2.75) is 44.8 Å². The average Bonchev–Trinajstić information content (AvgIpc) is 2.97. The summed E-state index contributed by atoms with van der Waals surface area (Å²) in [7, 11) is 1.60. The Hall–Kier alpha value is -1.38. The van der Waals surface area contributed by atoms with Crippen molar-refractivity contribution in [3.63, 3.8) is 0 Å². The Bertz CT molecular complexity index is 859. The predicted molar refractivity (Wildman–Crippen MR) is 106 cm³/mol. The lowest BCUT2D eigenvalue weighted by Gasteiger charge is -2.17. The third-order valence-corrected chi connectivity index (χ3v) is 6.78. The van der Waals surface area contributed by atoms with Gasteiger partial charge in [-0.3, -0.25) is 14.2 Å². The van der Waals surface area contributed by atoms with Crippen molar-refractivity contribution in [2.75, 3.05) is 26.0 Å². The van der Waals surface area contributed by atoms with Crippen molar-refractivity contribution in [3.05, 3.63) is 20.8 Å². The number of ether oxygens (including phenoxy) is 1. The van der Waals surface area contributed by atoms with Crippen LogP contribution in [0.25, 0.3) is 10.2 Å². The molecular formula is C18H25N3O3S2. The molecule has 8 heteroatoms. The SMILES string of the molecule is CCn1c(SCC(=O)NCCOC)nc2sc3c(c2c1=O)CC[C@H](C)C3.